The Morgan fingerprint density at radius 2 is 2.07 bits per heavy atom. The molecule has 4 aromatic rings. The first-order valence-electron chi connectivity index (χ1n) is 9.41. The van der Waals surface area contributed by atoms with Gasteiger partial charge < -0.3 is 14.6 Å². The number of nitrogens with zero attached hydrogens (tertiary/aromatic N) is 5. The lowest BCUT2D eigenvalue weighted by Crippen LogP contribution is -2.44. The minimum absolute atomic E-state index is 0.0349. The number of fused-ring (bicyclic) bond motifs is 2. The number of hydrogen-bond donors (Lipinski definition) is 1. The van der Waals surface area contributed by atoms with Gasteiger partial charge >= 0.3 is 0 Å². The van der Waals surface area contributed by atoms with Gasteiger partial charge in [0.05, 0.1) is 30.9 Å². The largest absolute Gasteiger partial charge is 0.377 e. The van der Waals surface area contributed by atoms with Gasteiger partial charge in [0.25, 0.3) is 0 Å². The molecule has 0 aromatic carbocycles. The summed E-state index contributed by atoms with van der Waals surface area (Å²) in [5.41, 5.74) is 1.05. The van der Waals surface area contributed by atoms with Gasteiger partial charge in [0.2, 0.25) is 16.0 Å². The number of ether oxygens (including phenoxy) is 1. The van der Waals surface area contributed by atoms with E-state index in [1.807, 2.05) is 6.92 Å². The van der Waals surface area contributed by atoms with Crippen LogP contribution in [0.1, 0.15) is 6.92 Å². The highest BCUT2D eigenvalue weighted by Crippen LogP contribution is 2.33. The number of halogens is 1. The molecule has 9 nitrogen and oxygen atoms in total. The van der Waals surface area contributed by atoms with Crippen LogP contribution in [0.4, 0.5) is 10.2 Å². The van der Waals surface area contributed by atoms with Crippen LogP contribution in [0.2, 0.25) is 0 Å². The summed E-state index contributed by atoms with van der Waals surface area (Å²) in [5.74, 6) is 0.142. The predicted molar refractivity (Wildman–Crippen MR) is 110 cm³/mol. The van der Waals surface area contributed by atoms with E-state index in [1.54, 1.807) is 18.3 Å². The van der Waals surface area contributed by atoms with Crippen molar-refractivity contribution in [1.29, 1.82) is 0 Å². The third-order valence-electron chi connectivity index (χ3n) is 5.23. The number of nitrogens with one attached hydrogen (secondary N) is 1. The summed E-state index contributed by atoms with van der Waals surface area (Å²) < 4.78 is 45.5. The minimum atomic E-state index is -3.60. The molecule has 0 bridgehead atoms. The number of aromatic nitrogens is 5. The van der Waals surface area contributed by atoms with Crippen LogP contribution in [0.15, 0.2) is 30.6 Å². The zero-order valence-corrected chi connectivity index (χ0v) is 17.1. The van der Waals surface area contributed by atoms with Crippen molar-refractivity contribution >= 4 is 37.9 Å². The molecule has 0 aliphatic carbocycles. The molecular formula is C19H19FN6O3S. The van der Waals surface area contributed by atoms with Crippen molar-refractivity contribution < 1.29 is 17.5 Å². The molecule has 1 fully saturated rings. The molecule has 0 amide bonds. The fraction of sp³-hybridized carbons (Fsp3) is 0.316. The van der Waals surface area contributed by atoms with E-state index >= 15 is 0 Å². The highest BCUT2D eigenvalue weighted by atomic mass is 32.2. The standard InChI is InChI=1S/C19H19FN6O3S/c1-11-10-29-8-7-25(11)18-13-4-6-26(30(2,27)28)19(13)24-17(23-18)14-9-15(20)22-16-12(14)3-5-21-16/h3-6,9,11H,7-8,10H2,1-2H3,(H,21,22)/t11-/m1/s1. The van der Waals surface area contributed by atoms with Gasteiger partial charge in [-0.3, -0.25) is 0 Å². The Labute approximate surface area is 171 Å². The molecule has 156 valence electrons. The Morgan fingerprint density at radius 1 is 1.23 bits per heavy atom. The van der Waals surface area contributed by atoms with Gasteiger partial charge in [-0.2, -0.15) is 4.39 Å². The van der Waals surface area contributed by atoms with E-state index in [1.165, 1.54) is 12.3 Å². The van der Waals surface area contributed by atoms with Gasteiger partial charge in [0.15, 0.2) is 11.5 Å². The van der Waals surface area contributed by atoms with Crippen LogP contribution in [-0.2, 0) is 14.8 Å². The van der Waals surface area contributed by atoms with Crippen LogP contribution in [0, 0.1) is 5.95 Å². The number of H-pyrrole nitrogens is 1. The molecule has 1 atom stereocenters. The number of pyridine rings is 1. The maximum atomic E-state index is 14.2. The van der Waals surface area contributed by atoms with Crippen LogP contribution < -0.4 is 4.90 Å². The number of morpholine rings is 1. The molecule has 1 saturated heterocycles. The van der Waals surface area contributed by atoms with E-state index in [-0.39, 0.29) is 17.5 Å². The predicted octanol–water partition coefficient (Wildman–Crippen LogP) is 2.15. The van der Waals surface area contributed by atoms with Crippen LogP contribution in [0.5, 0.6) is 0 Å². The van der Waals surface area contributed by atoms with E-state index in [9.17, 15) is 12.8 Å². The Bertz CT molecular complexity index is 1380. The average molecular weight is 430 g/mol. The van der Waals surface area contributed by atoms with Gasteiger partial charge in [-0.1, -0.05) is 0 Å². The lowest BCUT2D eigenvalue weighted by atomic mass is 10.1. The smallest absolute Gasteiger partial charge is 0.237 e. The molecule has 4 aromatic heterocycles. The van der Waals surface area contributed by atoms with E-state index < -0.39 is 16.0 Å². The normalized spacial score (nSPS) is 17.8. The fourth-order valence-electron chi connectivity index (χ4n) is 3.82. The topological polar surface area (TPSA) is 106 Å². The molecule has 5 rings (SSSR count). The lowest BCUT2D eigenvalue weighted by molar-refractivity contribution is 0.0987. The van der Waals surface area contributed by atoms with Crippen molar-refractivity contribution in [1.82, 2.24) is 23.9 Å². The number of rotatable bonds is 3. The van der Waals surface area contributed by atoms with E-state index in [0.29, 0.717) is 47.6 Å². The second kappa shape index (κ2) is 6.74. The Kier molecular flexibility index (Phi) is 4.26. The molecule has 5 heterocycles. The summed E-state index contributed by atoms with van der Waals surface area (Å²) in [6.45, 7) is 3.67. The van der Waals surface area contributed by atoms with E-state index in [0.717, 1.165) is 10.2 Å². The van der Waals surface area contributed by atoms with Crippen LogP contribution >= 0.6 is 0 Å². The summed E-state index contributed by atoms with van der Waals surface area (Å²) in [6.07, 6.45) is 4.23. The fourth-order valence-corrected chi connectivity index (χ4v) is 4.55. The summed E-state index contributed by atoms with van der Waals surface area (Å²) in [6, 6.07) is 4.75. The van der Waals surface area contributed by atoms with Crippen molar-refractivity contribution in [3.8, 4) is 11.4 Å². The minimum Gasteiger partial charge on any atom is -0.377 e. The first kappa shape index (κ1) is 18.9. The number of hydrogen-bond acceptors (Lipinski definition) is 7. The van der Waals surface area contributed by atoms with Crippen LogP contribution in [0.25, 0.3) is 33.5 Å². The third-order valence-corrected chi connectivity index (χ3v) is 6.24. The zero-order chi connectivity index (χ0) is 21.0. The molecule has 0 radical (unpaired) electrons. The Morgan fingerprint density at radius 3 is 2.83 bits per heavy atom. The molecule has 11 heteroatoms. The molecule has 1 aliphatic rings. The quantitative estimate of drug-likeness (QED) is 0.497. The van der Waals surface area contributed by atoms with Gasteiger partial charge in [-0.05, 0) is 19.1 Å². The first-order chi connectivity index (χ1) is 14.3. The highest BCUT2D eigenvalue weighted by Gasteiger charge is 2.26. The maximum absolute atomic E-state index is 14.2. The zero-order valence-electron chi connectivity index (χ0n) is 16.3. The molecule has 0 saturated carbocycles. The maximum Gasteiger partial charge on any atom is 0.237 e. The molecule has 0 spiro atoms. The summed E-state index contributed by atoms with van der Waals surface area (Å²) in [4.78, 5) is 18.1. The van der Waals surface area contributed by atoms with E-state index in [4.69, 9.17) is 9.72 Å². The molecular weight excluding hydrogens is 411 g/mol. The van der Waals surface area contributed by atoms with Gasteiger partial charge in [0, 0.05) is 36.0 Å². The van der Waals surface area contributed by atoms with Crippen LogP contribution in [-0.4, -0.2) is 64.4 Å². The SMILES string of the molecule is C[C@@H]1COCCN1c1nc(-c2cc(F)nc3[nH]ccc23)nc2c1ccn2S(C)(=O)=O. The highest BCUT2D eigenvalue weighted by molar-refractivity contribution is 7.89. The van der Waals surface area contributed by atoms with Crippen molar-refractivity contribution in [2.24, 2.45) is 0 Å². The molecule has 1 aliphatic heterocycles. The summed E-state index contributed by atoms with van der Waals surface area (Å²) in [7, 11) is -3.60. The van der Waals surface area contributed by atoms with Crippen molar-refractivity contribution in [3.05, 3.63) is 36.5 Å². The first-order valence-corrected chi connectivity index (χ1v) is 11.3. The van der Waals surface area contributed by atoms with Gasteiger partial charge in [0.1, 0.15) is 11.5 Å². The number of aromatic amines is 1. The molecule has 30 heavy (non-hydrogen) atoms. The monoisotopic (exact) mass is 430 g/mol. The third kappa shape index (κ3) is 3.01. The second-order valence-electron chi connectivity index (χ2n) is 7.33. The van der Waals surface area contributed by atoms with Crippen molar-refractivity contribution in [3.63, 3.8) is 0 Å². The van der Waals surface area contributed by atoms with Gasteiger partial charge in [-0.15, -0.1) is 0 Å². The lowest BCUT2D eigenvalue weighted by Gasteiger charge is -2.34. The van der Waals surface area contributed by atoms with Gasteiger partial charge in [-0.25, -0.2) is 27.3 Å². The van der Waals surface area contributed by atoms with E-state index in [2.05, 4.69) is 19.9 Å². The van der Waals surface area contributed by atoms with Crippen molar-refractivity contribution in [2.45, 2.75) is 13.0 Å². The number of anilines is 1. The van der Waals surface area contributed by atoms with Crippen molar-refractivity contribution in [2.75, 3.05) is 30.9 Å². The molecule has 1 N–H and O–H groups in total. The molecule has 0 unspecified atom stereocenters. The second-order valence-corrected chi connectivity index (χ2v) is 9.19. The summed E-state index contributed by atoms with van der Waals surface area (Å²) >= 11 is 0. The average Bonchev–Trinajstić information content (AvgIpc) is 3.33. The van der Waals surface area contributed by atoms with Crippen LogP contribution in [0.3, 0.4) is 0 Å². The Hall–Kier alpha value is -3.05. The Balaban J connectivity index is 1.83. The summed E-state index contributed by atoms with van der Waals surface area (Å²) in [5, 5.41) is 1.26.